The lowest BCUT2D eigenvalue weighted by Gasteiger charge is -2.29. The van der Waals surface area contributed by atoms with Crippen molar-refractivity contribution in [3.05, 3.63) is 18.2 Å². The number of anilines is 1. The van der Waals surface area contributed by atoms with E-state index >= 15 is 0 Å². The van der Waals surface area contributed by atoms with E-state index in [0.717, 1.165) is 40.5 Å². The van der Waals surface area contributed by atoms with E-state index in [1.807, 2.05) is 45.9 Å². The highest BCUT2D eigenvalue weighted by Gasteiger charge is 2.32. The fraction of sp³-hybridized carbons (Fsp3) is 0.579. The minimum atomic E-state index is -0.465. The van der Waals surface area contributed by atoms with Crippen LogP contribution in [-0.2, 0) is 9.53 Å². The highest BCUT2D eigenvalue weighted by Crippen LogP contribution is 2.34. The summed E-state index contributed by atoms with van der Waals surface area (Å²) in [5.41, 5.74) is 0.426. The number of hydrogen-bond donors (Lipinski definition) is 0. The highest BCUT2D eigenvalue weighted by atomic mass is 32.1. The molecule has 1 saturated heterocycles. The van der Waals surface area contributed by atoms with Crippen molar-refractivity contribution in [2.45, 2.75) is 46.6 Å². The number of thiazole rings is 1. The van der Waals surface area contributed by atoms with E-state index in [0.29, 0.717) is 13.2 Å². The maximum Gasteiger partial charge on any atom is 0.234 e. The Labute approximate surface area is 152 Å². The van der Waals surface area contributed by atoms with Gasteiger partial charge in [0.25, 0.3) is 0 Å². The Hall–Kier alpha value is -1.66. The minimum Gasteiger partial charge on any atom is -0.494 e. The third-order valence-corrected chi connectivity index (χ3v) is 5.23. The Morgan fingerprint density at radius 3 is 2.88 bits per heavy atom. The predicted molar refractivity (Wildman–Crippen MR) is 102 cm³/mol. The van der Waals surface area contributed by atoms with Gasteiger partial charge in [-0.3, -0.25) is 9.69 Å². The summed E-state index contributed by atoms with van der Waals surface area (Å²) < 4.78 is 12.4. The zero-order chi connectivity index (χ0) is 18.0. The van der Waals surface area contributed by atoms with Crippen LogP contribution < -0.4 is 9.64 Å². The summed E-state index contributed by atoms with van der Waals surface area (Å²) >= 11 is 1.53. The predicted octanol–water partition coefficient (Wildman–Crippen LogP) is 4.25. The fourth-order valence-corrected chi connectivity index (χ4v) is 3.91. The summed E-state index contributed by atoms with van der Waals surface area (Å²) in [7, 11) is 0. The van der Waals surface area contributed by atoms with Gasteiger partial charge in [0, 0.05) is 12.0 Å². The van der Waals surface area contributed by atoms with Crippen molar-refractivity contribution in [1.29, 1.82) is 0 Å². The number of carbonyl (C=O) groups is 1. The van der Waals surface area contributed by atoms with Gasteiger partial charge in [0.1, 0.15) is 5.75 Å². The zero-order valence-corrected chi connectivity index (χ0v) is 16.2. The summed E-state index contributed by atoms with van der Waals surface area (Å²) in [4.78, 5) is 19.5. The van der Waals surface area contributed by atoms with E-state index in [1.165, 1.54) is 11.3 Å². The molecule has 0 radical (unpaired) electrons. The van der Waals surface area contributed by atoms with Crippen LogP contribution in [0.2, 0.25) is 0 Å². The SMILES string of the molecule is CCOc1ccc2nc(N(CC3CCCO3)C(=O)C(C)(C)C)sc2c1. The van der Waals surface area contributed by atoms with Gasteiger partial charge < -0.3 is 9.47 Å². The lowest BCUT2D eigenvalue weighted by molar-refractivity contribution is -0.126. The lowest BCUT2D eigenvalue weighted by Crippen LogP contribution is -2.43. The molecule has 1 aromatic carbocycles. The van der Waals surface area contributed by atoms with Gasteiger partial charge in [-0.2, -0.15) is 0 Å². The molecule has 1 amide bonds. The van der Waals surface area contributed by atoms with Crippen LogP contribution in [0.4, 0.5) is 5.13 Å². The second-order valence-electron chi connectivity index (χ2n) is 7.36. The molecule has 1 aliphatic rings. The number of nitrogens with zero attached hydrogens (tertiary/aromatic N) is 2. The standard InChI is InChI=1S/C19H26N2O3S/c1-5-23-13-8-9-15-16(11-13)25-18(20-15)21(17(22)19(2,3)4)12-14-7-6-10-24-14/h8-9,11,14H,5-7,10,12H2,1-4H3. The molecule has 1 atom stereocenters. The molecule has 0 spiro atoms. The summed E-state index contributed by atoms with van der Waals surface area (Å²) in [5, 5.41) is 0.735. The molecule has 6 heteroatoms. The molecule has 0 saturated carbocycles. The van der Waals surface area contributed by atoms with Crippen LogP contribution in [0.5, 0.6) is 5.75 Å². The minimum absolute atomic E-state index is 0.0760. The molecule has 2 aromatic rings. The van der Waals surface area contributed by atoms with Crippen molar-refractivity contribution < 1.29 is 14.3 Å². The van der Waals surface area contributed by atoms with E-state index in [9.17, 15) is 4.79 Å². The largest absolute Gasteiger partial charge is 0.494 e. The Balaban J connectivity index is 1.93. The van der Waals surface area contributed by atoms with Crippen molar-refractivity contribution in [1.82, 2.24) is 4.98 Å². The molecule has 2 heterocycles. The first kappa shape index (κ1) is 18.1. The van der Waals surface area contributed by atoms with Crippen LogP contribution in [0.3, 0.4) is 0 Å². The Morgan fingerprint density at radius 2 is 2.24 bits per heavy atom. The number of carbonyl (C=O) groups excluding carboxylic acids is 1. The Bertz CT molecular complexity index is 745. The van der Waals surface area contributed by atoms with Crippen molar-refractivity contribution in [3.8, 4) is 5.75 Å². The molecule has 136 valence electrons. The summed E-state index contributed by atoms with van der Waals surface area (Å²) in [5.74, 6) is 0.908. The smallest absolute Gasteiger partial charge is 0.234 e. The third-order valence-electron chi connectivity index (χ3n) is 4.19. The number of amides is 1. The number of aromatic nitrogens is 1. The van der Waals surface area contributed by atoms with Crippen LogP contribution >= 0.6 is 11.3 Å². The average molecular weight is 362 g/mol. The Morgan fingerprint density at radius 1 is 1.44 bits per heavy atom. The number of fused-ring (bicyclic) bond motifs is 1. The van der Waals surface area contributed by atoms with Gasteiger partial charge in [-0.1, -0.05) is 32.1 Å². The van der Waals surface area contributed by atoms with Crippen LogP contribution in [0.15, 0.2) is 18.2 Å². The summed E-state index contributed by atoms with van der Waals surface area (Å²) in [6, 6.07) is 5.86. The molecule has 1 unspecified atom stereocenters. The number of rotatable bonds is 5. The van der Waals surface area contributed by atoms with E-state index in [1.54, 1.807) is 4.90 Å². The van der Waals surface area contributed by atoms with Gasteiger partial charge >= 0.3 is 0 Å². The number of ether oxygens (including phenoxy) is 2. The molecule has 0 bridgehead atoms. The average Bonchev–Trinajstić information content (AvgIpc) is 3.20. The van der Waals surface area contributed by atoms with E-state index < -0.39 is 5.41 Å². The highest BCUT2D eigenvalue weighted by molar-refractivity contribution is 7.22. The monoisotopic (exact) mass is 362 g/mol. The molecule has 1 aliphatic heterocycles. The fourth-order valence-electron chi connectivity index (χ4n) is 2.91. The molecule has 0 N–H and O–H groups in total. The van der Waals surface area contributed by atoms with E-state index in [2.05, 4.69) is 0 Å². The normalized spacial score (nSPS) is 17.8. The van der Waals surface area contributed by atoms with Crippen LogP contribution in [0, 0.1) is 5.41 Å². The van der Waals surface area contributed by atoms with E-state index in [4.69, 9.17) is 14.5 Å². The molecule has 1 aromatic heterocycles. The Kier molecular flexibility index (Phi) is 5.29. The molecular formula is C19H26N2O3S. The molecule has 5 nitrogen and oxygen atoms in total. The zero-order valence-electron chi connectivity index (χ0n) is 15.4. The van der Waals surface area contributed by atoms with Crippen LogP contribution in [0.25, 0.3) is 10.2 Å². The topological polar surface area (TPSA) is 51.7 Å². The van der Waals surface area contributed by atoms with Gasteiger partial charge in [-0.15, -0.1) is 0 Å². The van der Waals surface area contributed by atoms with Gasteiger partial charge in [-0.25, -0.2) is 4.98 Å². The second-order valence-corrected chi connectivity index (χ2v) is 8.37. The van der Waals surface area contributed by atoms with Gasteiger partial charge in [-0.05, 0) is 38.0 Å². The summed E-state index contributed by atoms with van der Waals surface area (Å²) in [6.07, 6.45) is 2.14. The third kappa shape index (κ3) is 4.12. The molecule has 25 heavy (non-hydrogen) atoms. The summed E-state index contributed by atoms with van der Waals surface area (Å²) in [6.45, 7) is 9.77. The van der Waals surface area contributed by atoms with E-state index in [-0.39, 0.29) is 12.0 Å². The first-order chi connectivity index (χ1) is 11.9. The molecule has 3 rings (SSSR count). The first-order valence-corrected chi connectivity index (χ1v) is 9.67. The van der Waals surface area contributed by atoms with Gasteiger partial charge in [0.2, 0.25) is 5.91 Å². The van der Waals surface area contributed by atoms with Gasteiger partial charge in [0.05, 0.1) is 29.5 Å². The van der Waals surface area contributed by atoms with Crippen molar-refractivity contribution >= 4 is 32.6 Å². The van der Waals surface area contributed by atoms with Crippen LogP contribution in [0.1, 0.15) is 40.5 Å². The van der Waals surface area contributed by atoms with Crippen molar-refractivity contribution in [2.75, 3.05) is 24.7 Å². The maximum absolute atomic E-state index is 13.0. The molecule has 1 fully saturated rings. The van der Waals surface area contributed by atoms with Gasteiger partial charge in [0.15, 0.2) is 5.13 Å². The number of hydrogen-bond acceptors (Lipinski definition) is 5. The molecular weight excluding hydrogens is 336 g/mol. The molecule has 0 aliphatic carbocycles. The van der Waals surface area contributed by atoms with Crippen molar-refractivity contribution in [2.24, 2.45) is 5.41 Å². The van der Waals surface area contributed by atoms with Crippen molar-refractivity contribution in [3.63, 3.8) is 0 Å². The number of benzene rings is 1. The second kappa shape index (κ2) is 7.30. The quantitative estimate of drug-likeness (QED) is 0.798. The first-order valence-electron chi connectivity index (χ1n) is 8.85. The lowest BCUT2D eigenvalue weighted by atomic mass is 9.94. The van der Waals surface area contributed by atoms with Crippen LogP contribution in [-0.4, -0.2) is 36.8 Å². The maximum atomic E-state index is 13.0.